The number of anilines is 2. The van der Waals surface area contributed by atoms with Gasteiger partial charge in [-0.25, -0.2) is 9.78 Å². The van der Waals surface area contributed by atoms with E-state index in [4.69, 9.17) is 30.4 Å². The first-order valence-corrected chi connectivity index (χ1v) is 14.9. The van der Waals surface area contributed by atoms with Gasteiger partial charge < -0.3 is 35.0 Å². The van der Waals surface area contributed by atoms with Crippen LogP contribution in [0.2, 0.25) is 0 Å². The third kappa shape index (κ3) is 5.96. The molecule has 45 heavy (non-hydrogen) atoms. The number of nitrogens with zero attached hydrogens (tertiary/aromatic N) is 3. The predicted molar refractivity (Wildman–Crippen MR) is 170 cm³/mol. The molecule has 11 heteroatoms. The van der Waals surface area contributed by atoms with Gasteiger partial charge in [0.05, 0.1) is 38.1 Å². The third-order valence-corrected chi connectivity index (χ3v) is 8.71. The Morgan fingerprint density at radius 2 is 1.91 bits per heavy atom. The molecule has 2 aliphatic rings. The maximum absolute atomic E-state index is 13.4. The summed E-state index contributed by atoms with van der Waals surface area (Å²) < 4.78 is 23.7. The highest BCUT2D eigenvalue weighted by atomic mass is 16.7. The first-order valence-electron chi connectivity index (χ1n) is 14.9. The Balaban J connectivity index is 1.41. The smallest absolute Gasteiger partial charge is 0.493 e. The van der Waals surface area contributed by atoms with Crippen LogP contribution in [0, 0.1) is 23.7 Å². The summed E-state index contributed by atoms with van der Waals surface area (Å²) in [5.41, 5.74) is 15.0. The molecule has 2 fully saturated rings. The summed E-state index contributed by atoms with van der Waals surface area (Å²) in [6, 6.07) is 9.42. The van der Waals surface area contributed by atoms with Gasteiger partial charge in [-0.1, -0.05) is 18.3 Å². The SMILES string of the molecule is CCOC(=O)Oc1cn(C2CC3CCC2C3)c2cc(C#Cc3cc(Cc4cnc(N)nc4N)cc(OC)c3OC)ccc2c1=O. The van der Waals surface area contributed by atoms with Gasteiger partial charge in [-0.15, -0.1) is 0 Å². The zero-order chi connectivity index (χ0) is 31.7. The average molecular weight is 610 g/mol. The molecule has 4 N–H and O–H groups in total. The number of pyridine rings is 1. The quantitative estimate of drug-likeness (QED) is 0.219. The second kappa shape index (κ2) is 12.4. The molecule has 0 radical (unpaired) electrons. The van der Waals surface area contributed by atoms with Crippen molar-refractivity contribution >= 4 is 28.8 Å². The van der Waals surface area contributed by atoms with E-state index in [0.717, 1.165) is 35.9 Å². The average Bonchev–Trinajstić information content (AvgIpc) is 3.67. The Morgan fingerprint density at radius 3 is 2.60 bits per heavy atom. The van der Waals surface area contributed by atoms with Crippen molar-refractivity contribution in [3.8, 4) is 29.1 Å². The Kier molecular flexibility index (Phi) is 8.22. The summed E-state index contributed by atoms with van der Waals surface area (Å²) in [5, 5.41) is 0.453. The molecule has 3 unspecified atom stereocenters. The fourth-order valence-corrected chi connectivity index (χ4v) is 6.68. The largest absolute Gasteiger partial charge is 0.514 e. The number of hydrogen-bond donors (Lipinski definition) is 2. The fraction of sp³-hybridized carbons (Fsp3) is 0.353. The van der Waals surface area contributed by atoms with Gasteiger partial charge in [0.2, 0.25) is 11.4 Å². The second-order valence-electron chi connectivity index (χ2n) is 11.4. The van der Waals surface area contributed by atoms with Crippen LogP contribution in [0.15, 0.2) is 47.5 Å². The molecule has 0 amide bonds. The fourth-order valence-electron chi connectivity index (χ4n) is 6.68. The van der Waals surface area contributed by atoms with Crippen LogP contribution in [0.5, 0.6) is 17.2 Å². The lowest BCUT2D eigenvalue weighted by molar-refractivity contribution is 0.103. The monoisotopic (exact) mass is 609 g/mol. The predicted octanol–water partition coefficient (Wildman–Crippen LogP) is 4.86. The summed E-state index contributed by atoms with van der Waals surface area (Å²) in [6.07, 6.45) is 7.36. The van der Waals surface area contributed by atoms with Crippen LogP contribution in [0.1, 0.15) is 60.9 Å². The number of rotatable bonds is 7. The van der Waals surface area contributed by atoms with Crippen LogP contribution in [0.4, 0.5) is 16.6 Å². The van der Waals surface area contributed by atoms with E-state index >= 15 is 0 Å². The molecule has 2 aliphatic carbocycles. The highest BCUT2D eigenvalue weighted by Gasteiger charge is 2.41. The van der Waals surface area contributed by atoms with Gasteiger partial charge in [0, 0.05) is 35.2 Å². The molecule has 6 rings (SSSR count). The summed E-state index contributed by atoms with van der Waals surface area (Å²) in [5.74, 6) is 9.05. The van der Waals surface area contributed by atoms with Crippen LogP contribution in [-0.4, -0.2) is 41.5 Å². The van der Waals surface area contributed by atoms with Crippen molar-refractivity contribution in [3.63, 3.8) is 0 Å². The molecule has 2 bridgehead atoms. The topological polar surface area (TPSA) is 154 Å². The van der Waals surface area contributed by atoms with Gasteiger partial charge in [0.25, 0.3) is 0 Å². The lowest BCUT2D eigenvalue weighted by atomic mass is 9.94. The number of methoxy groups -OCH3 is 2. The van der Waals surface area contributed by atoms with E-state index in [0.29, 0.717) is 52.1 Å². The lowest BCUT2D eigenvalue weighted by Crippen LogP contribution is -2.22. The summed E-state index contributed by atoms with van der Waals surface area (Å²) >= 11 is 0. The molecule has 232 valence electrons. The maximum atomic E-state index is 13.4. The van der Waals surface area contributed by atoms with Gasteiger partial charge >= 0.3 is 6.16 Å². The Labute approximate surface area is 260 Å². The number of nitrogen functional groups attached to an aromatic ring is 2. The van der Waals surface area contributed by atoms with Crippen molar-refractivity contribution in [1.82, 2.24) is 14.5 Å². The minimum Gasteiger partial charge on any atom is -0.493 e. The Bertz CT molecular complexity index is 1910. The number of aromatic nitrogens is 3. The first-order chi connectivity index (χ1) is 21.8. The molecule has 2 aromatic heterocycles. The maximum Gasteiger partial charge on any atom is 0.514 e. The highest BCUT2D eigenvalue weighted by molar-refractivity contribution is 5.83. The normalized spacial score (nSPS) is 18.3. The zero-order valence-corrected chi connectivity index (χ0v) is 25.5. The number of ether oxygens (including phenoxy) is 4. The van der Waals surface area contributed by atoms with Crippen LogP contribution in [-0.2, 0) is 11.2 Å². The van der Waals surface area contributed by atoms with Gasteiger partial charge in [-0.05, 0) is 73.9 Å². The molecule has 2 saturated carbocycles. The Hall–Kier alpha value is -5.24. The third-order valence-electron chi connectivity index (χ3n) is 8.71. The van der Waals surface area contributed by atoms with E-state index in [1.165, 1.54) is 6.42 Å². The van der Waals surface area contributed by atoms with E-state index in [9.17, 15) is 9.59 Å². The zero-order valence-electron chi connectivity index (χ0n) is 25.5. The number of hydrogen-bond acceptors (Lipinski definition) is 10. The van der Waals surface area contributed by atoms with Crippen LogP contribution >= 0.6 is 0 Å². The van der Waals surface area contributed by atoms with Crippen molar-refractivity contribution < 1.29 is 23.7 Å². The van der Waals surface area contributed by atoms with Gasteiger partial charge in [-0.3, -0.25) is 4.79 Å². The van der Waals surface area contributed by atoms with E-state index in [1.807, 2.05) is 18.2 Å². The van der Waals surface area contributed by atoms with Gasteiger partial charge in [0.1, 0.15) is 5.82 Å². The van der Waals surface area contributed by atoms with Crippen LogP contribution in [0.3, 0.4) is 0 Å². The Morgan fingerprint density at radius 1 is 1.07 bits per heavy atom. The molecule has 4 aromatic rings. The number of benzene rings is 2. The number of fused-ring (bicyclic) bond motifs is 3. The lowest BCUT2D eigenvalue weighted by Gasteiger charge is -2.27. The van der Waals surface area contributed by atoms with Crippen LogP contribution < -0.4 is 31.1 Å². The minimum absolute atomic E-state index is 0.0386. The second-order valence-corrected chi connectivity index (χ2v) is 11.4. The highest BCUT2D eigenvalue weighted by Crippen LogP contribution is 2.51. The molecule has 2 aromatic carbocycles. The van der Waals surface area contributed by atoms with Crippen molar-refractivity contribution in [3.05, 3.63) is 75.2 Å². The van der Waals surface area contributed by atoms with Crippen molar-refractivity contribution in [2.45, 2.75) is 45.1 Å². The molecule has 11 nitrogen and oxygen atoms in total. The van der Waals surface area contributed by atoms with E-state index in [2.05, 4.69) is 26.4 Å². The first kappa shape index (κ1) is 29.8. The van der Waals surface area contributed by atoms with E-state index in [1.54, 1.807) is 45.7 Å². The number of carbonyl (C=O) groups excluding carboxylic acids is 1. The summed E-state index contributed by atoms with van der Waals surface area (Å²) in [7, 11) is 3.13. The molecule has 0 aliphatic heterocycles. The summed E-state index contributed by atoms with van der Waals surface area (Å²) in [6.45, 7) is 1.84. The van der Waals surface area contributed by atoms with Gasteiger partial charge in [-0.2, -0.15) is 4.98 Å². The van der Waals surface area contributed by atoms with Gasteiger partial charge in [0.15, 0.2) is 17.2 Å². The molecule has 0 saturated heterocycles. The van der Waals surface area contributed by atoms with Crippen molar-refractivity contribution in [1.29, 1.82) is 0 Å². The van der Waals surface area contributed by atoms with E-state index < -0.39 is 6.16 Å². The standard InChI is InChI=1S/C34H35N5O6/c1-4-44-34(41)45-29-18-39(26-15-20-6-8-22(26)11-20)27-14-19(7-10-25(27)30(29)40)5-9-23-12-21(16-28(42-2)31(23)43-3)13-24-17-37-33(36)38-32(24)35/h7,10,12,14,16-18,20,22,26H,4,6,8,11,13,15H2,1-3H3,(H4,35,36,37,38). The molecule has 3 atom stereocenters. The van der Waals surface area contributed by atoms with Crippen LogP contribution in [0.25, 0.3) is 10.9 Å². The van der Waals surface area contributed by atoms with E-state index in [-0.39, 0.29) is 29.8 Å². The number of nitrogens with two attached hydrogens (primary N) is 2. The van der Waals surface area contributed by atoms with Crippen molar-refractivity contribution in [2.75, 3.05) is 32.3 Å². The molecular formula is C34H35N5O6. The molecule has 2 heterocycles. The minimum atomic E-state index is -0.894. The number of carbonyl (C=O) groups is 1. The molecule has 0 spiro atoms. The summed E-state index contributed by atoms with van der Waals surface area (Å²) in [4.78, 5) is 33.7. The molecular weight excluding hydrogens is 574 g/mol. The van der Waals surface area contributed by atoms with Crippen molar-refractivity contribution in [2.24, 2.45) is 11.8 Å².